The van der Waals surface area contributed by atoms with Gasteiger partial charge in [-0.1, -0.05) is 32.0 Å². The predicted molar refractivity (Wildman–Crippen MR) is 125 cm³/mol. The normalized spacial score (nSPS) is 12.6. The number of aryl methyl sites for hydroxylation is 2. The predicted octanol–water partition coefficient (Wildman–Crippen LogP) is 7.43. The largest absolute Gasteiger partial charge is 0.308 e. The number of para-hydroxylation sites is 1. The summed E-state index contributed by atoms with van der Waals surface area (Å²) in [6.45, 7) is 11.3. The highest BCUT2D eigenvalue weighted by Crippen LogP contribution is 2.44. The van der Waals surface area contributed by atoms with Crippen LogP contribution >= 0.6 is 0 Å². The lowest BCUT2D eigenvalue weighted by Gasteiger charge is -2.18. The van der Waals surface area contributed by atoms with E-state index in [2.05, 4.69) is 81.5 Å². The van der Waals surface area contributed by atoms with Gasteiger partial charge >= 0.3 is 0 Å². The van der Waals surface area contributed by atoms with E-state index in [4.69, 9.17) is 4.98 Å². The zero-order valence-electron chi connectivity index (χ0n) is 17.6. The van der Waals surface area contributed by atoms with Crippen LogP contribution in [-0.4, -0.2) is 9.38 Å². The van der Waals surface area contributed by atoms with Crippen molar-refractivity contribution in [3.05, 3.63) is 70.9 Å². The van der Waals surface area contributed by atoms with Gasteiger partial charge < -0.3 is 4.40 Å². The van der Waals surface area contributed by atoms with Gasteiger partial charge in [0.05, 0.1) is 22.1 Å². The first-order chi connectivity index (χ1) is 14.0. The molecule has 0 amide bonds. The minimum Gasteiger partial charge on any atom is -0.308 e. The zero-order chi connectivity index (χ0) is 20.0. The van der Waals surface area contributed by atoms with E-state index in [0.717, 1.165) is 5.52 Å². The fourth-order valence-electron chi connectivity index (χ4n) is 5.28. The second-order valence-corrected chi connectivity index (χ2v) is 8.79. The Bertz CT molecular complexity index is 1600. The Labute approximate surface area is 170 Å². The Morgan fingerprint density at radius 3 is 2.41 bits per heavy atom. The van der Waals surface area contributed by atoms with Crippen molar-refractivity contribution in [1.82, 2.24) is 9.38 Å². The van der Waals surface area contributed by atoms with Crippen molar-refractivity contribution in [3.63, 3.8) is 0 Å². The molecule has 6 rings (SSSR count). The molecule has 2 nitrogen and oxygen atoms in total. The number of hydrogen-bond donors (Lipinski definition) is 0. The summed E-state index contributed by atoms with van der Waals surface area (Å²) >= 11 is 0. The molecule has 0 atom stereocenters. The molecule has 3 aromatic carbocycles. The summed E-state index contributed by atoms with van der Waals surface area (Å²) in [6.07, 6.45) is 1.97. The average molecular weight is 377 g/mol. The van der Waals surface area contributed by atoms with Crippen LogP contribution in [0, 0.1) is 20.8 Å². The SMILES string of the molecule is Cc1cc2c3nccc4cc(C(C)C)c5c6ccccc6n(c2c(C)c1C)c5c43. The molecule has 0 radical (unpaired) electrons. The second kappa shape index (κ2) is 5.48. The molecule has 0 saturated carbocycles. The van der Waals surface area contributed by atoms with E-state index in [1.54, 1.807) is 0 Å². The third kappa shape index (κ3) is 1.94. The van der Waals surface area contributed by atoms with E-state index < -0.39 is 0 Å². The van der Waals surface area contributed by atoms with E-state index in [-0.39, 0.29) is 0 Å². The summed E-state index contributed by atoms with van der Waals surface area (Å²) in [5.41, 5.74) is 10.5. The van der Waals surface area contributed by atoms with Crippen molar-refractivity contribution in [2.75, 3.05) is 0 Å². The molecule has 0 aliphatic rings. The molecule has 0 aliphatic heterocycles. The lowest BCUT2D eigenvalue weighted by molar-refractivity contribution is 0.878. The molecule has 3 aromatic heterocycles. The molecular formula is C27H24N2. The van der Waals surface area contributed by atoms with Crippen LogP contribution in [-0.2, 0) is 0 Å². The molecule has 142 valence electrons. The zero-order valence-corrected chi connectivity index (χ0v) is 17.6. The van der Waals surface area contributed by atoms with Gasteiger partial charge in [0.25, 0.3) is 0 Å². The van der Waals surface area contributed by atoms with Crippen molar-refractivity contribution >= 4 is 49.0 Å². The summed E-state index contributed by atoms with van der Waals surface area (Å²) in [7, 11) is 0. The van der Waals surface area contributed by atoms with Gasteiger partial charge in [-0.2, -0.15) is 0 Å². The van der Waals surface area contributed by atoms with Crippen LogP contribution in [0.5, 0.6) is 0 Å². The first-order valence-corrected chi connectivity index (χ1v) is 10.5. The summed E-state index contributed by atoms with van der Waals surface area (Å²) in [6, 6.07) is 15.8. The lowest BCUT2D eigenvalue weighted by atomic mass is 9.91. The van der Waals surface area contributed by atoms with Gasteiger partial charge in [0.2, 0.25) is 0 Å². The van der Waals surface area contributed by atoms with Gasteiger partial charge in [-0.25, -0.2) is 0 Å². The van der Waals surface area contributed by atoms with Gasteiger partial charge in [0.15, 0.2) is 0 Å². The molecule has 0 spiro atoms. The van der Waals surface area contributed by atoms with Gasteiger partial charge in [0.1, 0.15) is 0 Å². The van der Waals surface area contributed by atoms with E-state index in [1.165, 1.54) is 65.7 Å². The molecule has 3 heterocycles. The second-order valence-electron chi connectivity index (χ2n) is 8.79. The molecule has 0 fully saturated rings. The number of nitrogens with zero attached hydrogens (tertiary/aromatic N) is 2. The molecule has 0 bridgehead atoms. The van der Waals surface area contributed by atoms with Gasteiger partial charge in [-0.05, 0) is 78.6 Å². The highest BCUT2D eigenvalue weighted by molar-refractivity contribution is 6.28. The standard InChI is InChI=1S/C27H24N2/c1-14(2)20-13-18-10-11-28-25-21-12-15(3)16(4)17(5)26(21)29-22-9-7-6-8-19(22)24(20)27(29)23(18)25/h6-14H,1-5H3. The minimum atomic E-state index is 0.456. The third-order valence-electron chi connectivity index (χ3n) is 6.92. The fourth-order valence-corrected chi connectivity index (χ4v) is 5.28. The average Bonchev–Trinajstić information content (AvgIpc) is 3.06. The number of benzene rings is 3. The monoisotopic (exact) mass is 376 g/mol. The lowest BCUT2D eigenvalue weighted by Crippen LogP contribution is -2.00. The summed E-state index contributed by atoms with van der Waals surface area (Å²) in [5.74, 6) is 0.456. The Hall–Kier alpha value is -3.13. The highest BCUT2D eigenvalue weighted by atomic mass is 14.9. The minimum absolute atomic E-state index is 0.456. The maximum absolute atomic E-state index is 4.90. The van der Waals surface area contributed by atoms with Crippen molar-refractivity contribution < 1.29 is 0 Å². The van der Waals surface area contributed by atoms with Crippen molar-refractivity contribution in [2.24, 2.45) is 0 Å². The van der Waals surface area contributed by atoms with Crippen LogP contribution in [0.3, 0.4) is 0 Å². The quantitative estimate of drug-likeness (QED) is 0.215. The van der Waals surface area contributed by atoms with Crippen LogP contribution in [0.15, 0.2) is 48.7 Å². The van der Waals surface area contributed by atoms with E-state index >= 15 is 0 Å². The van der Waals surface area contributed by atoms with Crippen LogP contribution in [0.4, 0.5) is 0 Å². The van der Waals surface area contributed by atoms with E-state index in [1.807, 2.05) is 6.20 Å². The first-order valence-electron chi connectivity index (χ1n) is 10.5. The number of hydrogen-bond acceptors (Lipinski definition) is 1. The molecule has 0 aliphatic carbocycles. The topological polar surface area (TPSA) is 17.3 Å². The van der Waals surface area contributed by atoms with Crippen molar-refractivity contribution in [1.29, 1.82) is 0 Å². The van der Waals surface area contributed by atoms with Crippen LogP contribution in [0.2, 0.25) is 0 Å². The highest BCUT2D eigenvalue weighted by Gasteiger charge is 2.23. The van der Waals surface area contributed by atoms with Gasteiger partial charge in [-0.15, -0.1) is 0 Å². The summed E-state index contributed by atoms with van der Waals surface area (Å²) < 4.78 is 2.52. The molecule has 0 N–H and O–H groups in total. The Morgan fingerprint density at radius 1 is 0.828 bits per heavy atom. The molecular weight excluding hydrogens is 352 g/mol. The smallest absolute Gasteiger partial charge is 0.0822 e. The number of aromatic nitrogens is 2. The number of fused-ring (bicyclic) bond motifs is 6. The van der Waals surface area contributed by atoms with Gasteiger partial charge in [-0.3, -0.25) is 4.98 Å². The van der Waals surface area contributed by atoms with E-state index in [0.29, 0.717) is 5.92 Å². The van der Waals surface area contributed by atoms with Gasteiger partial charge in [0, 0.05) is 27.7 Å². The molecule has 2 heteroatoms. The van der Waals surface area contributed by atoms with E-state index in [9.17, 15) is 0 Å². The van der Waals surface area contributed by atoms with Crippen LogP contribution in [0.1, 0.15) is 42.0 Å². The molecule has 29 heavy (non-hydrogen) atoms. The number of rotatable bonds is 1. The first kappa shape index (κ1) is 16.8. The van der Waals surface area contributed by atoms with Crippen LogP contribution in [0.25, 0.3) is 49.0 Å². The molecule has 0 unspecified atom stereocenters. The summed E-state index contributed by atoms with van der Waals surface area (Å²) in [5, 5.41) is 6.56. The maximum Gasteiger partial charge on any atom is 0.0822 e. The Morgan fingerprint density at radius 2 is 1.62 bits per heavy atom. The number of pyridine rings is 2. The maximum atomic E-state index is 4.90. The summed E-state index contributed by atoms with van der Waals surface area (Å²) in [4.78, 5) is 4.90. The fraction of sp³-hybridized carbons (Fsp3) is 0.222. The molecule has 6 aromatic rings. The third-order valence-corrected chi connectivity index (χ3v) is 6.92. The van der Waals surface area contributed by atoms with Crippen molar-refractivity contribution in [2.45, 2.75) is 40.5 Å². The Kier molecular flexibility index (Phi) is 3.17. The van der Waals surface area contributed by atoms with Crippen LogP contribution < -0.4 is 0 Å². The van der Waals surface area contributed by atoms with Crippen molar-refractivity contribution in [3.8, 4) is 0 Å². The molecule has 0 saturated heterocycles. The Balaban J connectivity index is 2.12.